The van der Waals surface area contributed by atoms with Crippen molar-refractivity contribution in [2.75, 3.05) is 18.5 Å². The highest BCUT2D eigenvalue weighted by Gasteiger charge is 2.26. The quantitative estimate of drug-likeness (QED) is 0.181. The summed E-state index contributed by atoms with van der Waals surface area (Å²) >= 11 is 0. The first-order valence-corrected chi connectivity index (χ1v) is 14.1. The molecule has 0 atom stereocenters. The lowest BCUT2D eigenvalue weighted by molar-refractivity contribution is -0.136. The second-order valence-corrected chi connectivity index (χ2v) is 11.1. The Bertz CT molecular complexity index is 1590. The highest BCUT2D eigenvalue weighted by molar-refractivity contribution is 6.08. The van der Waals surface area contributed by atoms with Gasteiger partial charge in [-0.15, -0.1) is 0 Å². The molecule has 3 aromatic carbocycles. The van der Waals surface area contributed by atoms with E-state index in [0.29, 0.717) is 46.2 Å². The van der Waals surface area contributed by atoms with E-state index in [1.807, 2.05) is 31.2 Å². The third-order valence-corrected chi connectivity index (χ3v) is 6.78. The van der Waals surface area contributed by atoms with Crippen LogP contribution in [0.15, 0.2) is 83.7 Å². The summed E-state index contributed by atoms with van der Waals surface area (Å²) in [5.74, 6) is 0.520. The molecule has 0 unspecified atom stereocenters. The molecule has 4 aromatic rings. The topological polar surface area (TPSA) is 80.4 Å². The Kier molecular flexibility index (Phi) is 9.63. The van der Waals surface area contributed by atoms with Gasteiger partial charge in [0, 0.05) is 23.4 Å². The molecule has 2 N–H and O–H groups in total. The molecule has 0 aliphatic rings. The van der Waals surface area contributed by atoms with Crippen molar-refractivity contribution in [3.05, 3.63) is 100 Å². The second-order valence-electron chi connectivity index (χ2n) is 11.1. The summed E-state index contributed by atoms with van der Waals surface area (Å²) in [5, 5.41) is 2.81. The molecule has 0 aliphatic carbocycles. The van der Waals surface area contributed by atoms with Gasteiger partial charge >= 0.3 is 6.18 Å². The molecule has 0 saturated carbocycles. The van der Waals surface area contributed by atoms with Gasteiger partial charge in [0.05, 0.1) is 13.2 Å². The molecule has 0 radical (unpaired) electrons. The maximum atomic E-state index is 13.5. The molecule has 1 aromatic heterocycles. The van der Waals surface area contributed by atoms with Gasteiger partial charge in [0.25, 0.3) is 11.5 Å². The number of nitrogens with one attached hydrogen (secondary N) is 2. The number of hydrogen-bond donors (Lipinski definition) is 2. The number of anilines is 1. The third-order valence-electron chi connectivity index (χ3n) is 6.78. The van der Waals surface area contributed by atoms with Gasteiger partial charge in [0.2, 0.25) is 0 Å². The molecule has 1 heterocycles. The Morgan fingerprint density at radius 1 is 0.837 bits per heavy atom. The lowest BCUT2D eigenvalue weighted by Crippen LogP contribution is -2.25. The van der Waals surface area contributed by atoms with Crippen molar-refractivity contribution in [2.45, 2.75) is 52.1 Å². The average Bonchev–Trinajstić information content (AvgIpc) is 2.95. The second kappa shape index (κ2) is 13.2. The van der Waals surface area contributed by atoms with Crippen molar-refractivity contribution >= 4 is 11.6 Å². The first-order valence-electron chi connectivity index (χ1n) is 14.1. The van der Waals surface area contributed by atoms with E-state index in [2.05, 4.69) is 31.1 Å². The Hall–Kier alpha value is -4.53. The van der Waals surface area contributed by atoms with E-state index in [9.17, 15) is 22.8 Å². The number of hydrogen-bond acceptors (Lipinski definition) is 4. The monoisotopic (exact) mass is 592 g/mol. The predicted molar refractivity (Wildman–Crippen MR) is 163 cm³/mol. The fraction of sp³-hybridized carbons (Fsp3) is 0.294. The average molecular weight is 593 g/mol. The van der Waals surface area contributed by atoms with Crippen LogP contribution in [0.3, 0.4) is 0 Å². The molecule has 0 fully saturated rings. The van der Waals surface area contributed by atoms with Crippen LogP contribution in [0.5, 0.6) is 11.5 Å². The lowest BCUT2D eigenvalue weighted by Gasteiger charge is -2.19. The van der Waals surface area contributed by atoms with Crippen molar-refractivity contribution in [3.8, 4) is 33.9 Å². The Morgan fingerprint density at radius 3 is 2.00 bits per heavy atom. The molecule has 9 heteroatoms. The number of rotatable bonds is 10. The van der Waals surface area contributed by atoms with Crippen LogP contribution in [0.4, 0.5) is 18.9 Å². The Morgan fingerprint density at radius 2 is 1.42 bits per heavy atom. The van der Waals surface area contributed by atoms with Crippen molar-refractivity contribution in [2.24, 2.45) is 0 Å². The van der Waals surface area contributed by atoms with Crippen LogP contribution in [0, 0.1) is 0 Å². The zero-order valence-electron chi connectivity index (χ0n) is 24.6. The van der Waals surface area contributed by atoms with Crippen molar-refractivity contribution < 1.29 is 27.4 Å². The number of benzene rings is 3. The molecule has 4 rings (SSSR count). The summed E-state index contributed by atoms with van der Waals surface area (Å²) in [6.07, 6.45) is -5.28. The highest BCUT2D eigenvalue weighted by Crippen LogP contribution is 2.31. The summed E-state index contributed by atoms with van der Waals surface area (Å²) in [6, 6.07) is 23.1. The van der Waals surface area contributed by atoms with E-state index in [0.717, 1.165) is 5.56 Å². The summed E-state index contributed by atoms with van der Waals surface area (Å²) in [6.45, 7) is 8.64. The molecular weight excluding hydrogens is 557 g/mol. The van der Waals surface area contributed by atoms with Crippen molar-refractivity contribution in [3.63, 3.8) is 0 Å². The van der Waals surface area contributed by atoms with Crippen LogP contribution in [-0.2, 0) is 5.41 Å². The standard InChI is InChI=1S/C34H35F3N2O4/c1-5-42-26-17-13-25(14-18-26)38-31(40)30-28(22-7-11-24(12-8-22)33(2,3)4)21-29(39-32(30)41)23-9-15-27(16-10-23)43-20-6-19-34(35,36)37/h7-18,21H,5-6,19-20H2,1-4H3,(H,38,40)(H,39,41). The number of amides is 1. The van der Waals surface area contributed by atoms with Gasteiger partial charge in [-0.1, -0.05) is 45.0 Å². The summed E-state index contributed by atoms with van der Waals surface area (Å²) in [5.41, 5.74) is 3.20. The summed E-state index contributed by atoms with van der Waals surface area (Å²) in [4.78, 5) is 29.8. The fourth-order valence-electron chi connectivity index (χ4n) is 4.51. The van der Waals surface area contributed by atoms with Crippen LogP contribution in [-0.4, -0.2) is 30.3 Å². The Balaban J connectivity index is 1.66. The molecule has 43 heavy (non-hydrogen) atoms. The van der Waals surface area contributed by atoms with Crippen LogP contribution in [0.1, 0.15) is 56.5 Å². The molecule has 0 spiro atoms. The van der Waals surface area contributed by atoms with E-state index in [1.54, 1.807) is 54.6 Å². The van der Waals surface area contributed by atoms with Crippen LogP contribution in [0.25, 0.3) is 22.4 Å². The van der Waals surface area contributed by atoms with Gasteiger partial charge in [-0.2, -0.15) is 13.2 Å². The molecule has 0 saturated heterocycles. The number of alkyl halides is 3. The molecule has 6 nitrogen and oxygen atoms in total. The number of ether oxygens (including phenoxy) is 2. The molecular formula is C34H35F3N2O4. The largest absolute Gasteiger partial charge is 0.494 e. The number of aromatic amines is 1. The maximum Gasteiger partial charge on any atom is 0.389 e. The smallest absolute Gasteiger partial charge is 0.389 e. The Labute approximate surface area is 248 Å². The number of pyridine rings is 1. The number of carbonyl (C=O) groups is 1. The van der Waals surface area contributed by atoms with Gasteiger partial charge in [-0.25, -0.2) is 0 Å². The SMILES string of the molecule is CCOc1ccc(NC(=O)c2c(-c3ccc(C(C)(C)C)cc3)cc(-c3ccc(OCCCC(F)(F)F)cc3)[nH]c2=O)cc1. The van der Waals surface area contributed by atoms with E-state index in [4.69, 9.17) is 9.47 Å². The lowest BCUT2D eigenvalue weighted by atomic mass is 9.86. The van der Waals surface area contributed by atoms with Crippen molar-refractivity contribution in [1.29, 1.82) is 0 Å². The predicted octanol–water partition coefficient (Wildman–Crippen LogP) is 8.38. The molecule has 226 valence electrons. The fourth-order valence-corrected chi connectivity index (χ4v) is 4.51. The summed E-state index contributed by atoms with van der Waals surface area (Å²) in [7, 11) is 0. The van der Waals surface area contributed by atoms with Gasteiger partial charge in [0.15, 0.2) is 0 Å². The van der Waals surface area contributed by atoms with E-state index >= 15 is 0 Å². The van der Waals surface area contributed by atoms with Gasteiger partial charge < -0.3 is 19.8 Å². The van der Waals surface area contributed by atoms with Crippen LogP contribution < -0.4 is 20.3 Å². The van der Waals surface area contributed by atoms with Gasteiger partial charge in [0.1, 0.15) is 17.1 Å². The van der Waals surface area contributed by atoms with Crippen molar-refractivity contribution in [1.82, 2.24) is 4.98 Å². The minimum atomic E-state index is -4.22. The number of halogens is 3. The molecule has 0 bridgehead atoms. The van der Waals surface area contributed by atoms with Gasteiger partial charge in [-0.05, 0) is 90.0 Å². The van der Waals surface area contributed by atoms with Crippen LogP contribution in [0.2, 0.25) is 0 Å². The first-order chi connectivity index (χ1) is 20.3. The van der Waals surface area contributed by atoms with Crippen LogP contribution >= 0.6 is 0 Å². The third kappa shape index (κ3) is 8.50. The minimum absolute atomic E-state index is 0.0363. The maximum absolute atomic E-state index is 13.5. The number of H-pyrrole nitrogens is 1. The van der Waals surface area contributed by atoms with Gasteiger partial charge in [-0.3, -0.25) is 9.59 Å². The normalized spacial score (nSPS) is 11.7. The highest BCUT2D eigenvalue weighted by atomic mass is 19.4. The zero-order chi connectivity index (χ0) is 31.2. The first kappa shape index (κ1) is 31.4. The van der Waals surface area contributed by atoms with E-state index in [-0.39, 0.29) is 24.0 Å². The zero-order valence-corrected chi connectivity index (χ0v) is 24.6. The molecule has 1 amide bonds. The molecule has 0 aliphatic heterocycles. The number of carbonyl (C=O) groups excluding carboxylic acids is 1. The van der Waals surface area contributed by atoms with E-state index < -0.39 is 24.1 Å². The number of aromatic nitrogens is 1. The van der Waals surface area contributed by atoms with E-state index in [1.165, 1.54) is 0 Å². The minimum Gasteiger partial charge on any atom is -0.494 e. The summed E-state index contributed by atoms with van der Waals surface area (Å²) < 4.78 is 48.1.